The second-order valence-corrected chi connectivity index (χ2v) is 5.65. The fourth-order valence-corrected chi connectivity index (χ4v) is 2.74. The first-order valence-electron chi connectivity index (χ1n) is 7.85. The van der Waals surface area contributed by atoms with Crippen molar-refractivity contribution in [2.75, 3.05) is 19.7 Å². The van der Waals surface area contributed by atoms with Crippen molar-refractivity contribution >= 4 is 12.0 Å². The smallest absolute Gasteiger partial charge is 0.407 e. The van der Waals surface area contributed by atoms with Gasteiger partial charge in [-0.2, -0.15) is 0 Å². The molecule has 0 aromatic heterocycles. The van der Waals surface area contributed by atoms with Gasteiger partial charge in [-0.1, -0.05) is 24.3 Å². The van der Waals surface area contributed by atoms with Crippen LogP contribution in [0.1, 0.15) is 30.9 Å². The Morgan fingerprint density at radius 1 is 1.36 bits per heavy atom. The standard InChI is InChI=1S/C17H24N2O3/c1-3-22-17(21)18-15-9-6-10-19(12-15)16(20)11-14-8-5-4-7-13(14)2/h4-5,7-8,15H,3,6,9-12H2,1-2H3,(H,18,21)/t15-/m1/s1. The largest absolute Gasteiger partial charge is 0.450 e. The number of aryl methyl sites for hydroxylation is 1. The Hall–Kier alpha value is -2.04. The quantitative estimate of drug-likeness (QED) is 0.928. The van der Waals surface area contributed by atoms with Crippen molar-refractivity contribution < 1.29 is 14.3 Å². The molecule has 1 N–H and O–H groups in total. The molecule has 1 aromatic rings. The van der Waals surface area contributed by atoms with E-state index in [0.29, 0.717) is 19.6 Å². The van der Waals surface area contributed by atoms with Crippen LogP contribution in [0.4, 0.5) is 4.79 Å². The summed E-state index contributed by atoms with van der Waals surface area (Å²) in [7, 11) is 0. The molecule has 1 aliphatic rings. The number of likely N-dealkylation sites (tertiary alicyclic amines) is 1. The highest BCUT2D eigenvalue weighted by Gasteiger charge is 2.25. The van der Waals surface area contributed by atoms with Gasteiger partial charge in [0.1, 0.15) is 0 Å². The average molecular weight is 304 g/mol. The third-order valence-corrected chi connectivity index (χ3v) is 3.97. The zero-order valence-electron chi connectivity index (χ0n) is 13.3. The Balaban J connectivity index is 1.90. The predicted molar refractivity (Wildman–Crippen MR) is 84.6 cm³/mol. The number of amides is 2. The van der Waals surface area contributed by atoms with Gasteiger partial charge < -0.3 is 15.0 Å². The number of alkyl carbamates (subject to hydrolysis) is 1. The molecular weight excluding hydrogens is 280 g/mol. The Bertz CT molecular complexity index is 530. The van der Waals surface area contributed by atoms with E-state index in [1.165, 1.54) is 0 Å². The first-order chi connectivity index (χ1) is 10.6. The molecule has 1 aliphatic heterocycles. The molecule has 0 aliphatic carbocycles. The van der Waals surface area contributed by atoms with E-state index in [9.17, 15) is 9.59 Å². The lowest BCUT2D eigenvalue weighted by Gasteiger charge is -2.33. The summed E-state index contributed by atoms with van der Waals surface area (Å²) < 4.78 is 4.90. The summed E-state index contributed by atoms with van der Waals surface area (Å²) in [5.41, 5.74) is 2.20. The summed E-state index contributed by atoms with van der Waals surface area (Å²) in [4.78, 5) is 25.8. The topological polar surface area (TPSA) is 58.6 Å². The van der Waals surface area contributed by atoms with Crippen LogP contribution in [-0.2, 0) is 16.0 Å². The van der Waals surface area contributed by atoms with Gasteiger partial charge in [-0.05, 0) is 37.8 Å². The van der Waals surface area contributed by atoms with Crippen molar-refractivity contribution in [2.45, 2.75) is 39.2 Å². The normalized spacial score (nSPS) is 17.9. The van der Waals surface area contributed by atoms with Crippen LogP contribution in [-0.4, -0.2) is 42.6 Å². The maximum absolute atomic E-state index is 12.5. The lowest BCUT2D eigenvalue weighted by molar-refractivity contribution is -0.131. The molecule has 2 rings (SSSR count). The molecule has 22 heavy (non-hydrogen) atoms. The molecule has 2 amide bonds. The first kappa shape index (κ1) is 16.3. The second-order valence-electron chi connectivity index (χ2n) is 5.65. The molecule has 0 spiro atoms. The number of nitrogens with one attached hydrogen (secondary N) is 1. The van der Waals surface area contributed by atoms with Crippen LogP contribution in [0.3, 0.4) is 0 Å². The van der Waals surface area contributed by atoms with Crippen LogP contribution >= 0.6 is 0 Å². The second kappa shape index (κ2) is 7.82. The monoisotopic (exact) mass is 304 g/mol. The van der Waals surface area contributed by atoms with Crippen LogP contribution in [0.2, 0.25) is 0 Å². The van der Waals surface area contributed by atoms with Crippen molar-refractivity contribution in [1.82, 2.24) is 10.2 Å². The van der Waals surface area contributed by atoms with Gasteiger partial charge in [0.15, 0.2) is 0 Å². The molecule has 0 unspecified atom stereocenters. The number of rotatable bonds is 4. The first-order valence-corrected chi connectivity index (χ1v) is 7.85. The summed E-state index contributed by atoms with van der Waals surface area (Å²) in [6.07, 6.45) is 1.79. The van der Waals surface area contributed by atoms with Gasteiger partial charge in [-0.3, -0.25) is 4.79 Å². The summed E-state index contributed by atoms with van der Waals surface area (Å²) in [5, 5.41) is 2.82. The molecular formula is C17H24N2O3. The van der Waals surface area contributed by atoms with Gasteiger partial charge in [0, 0.05) is 19.1 Å². The fraction of sp³-hybridized carbons (Fsp3) is 0.529. The minimum absolute atomic E-state index is 0.0198. The molecule has 1 aromatic carbocycles. The summed E-state index contributed by atoms with van der Waals surface area (Å²) in [6, 6.07) is 7.92. The zero-order chi connectivity index (χ0) is 15.9. The summed E-state index contributed by atoms with van der Waals surface area (Å²) in [5.74, 6) is 0.115. The SMILES string of the molecule is CCOC(=O)N[C@@H]1CCCN(C(=O)Cc2ccccc2C)C1. The van der Waals surface area contributed by atoms with E-state index in [0.717, 1.165) is 30.5 Å². The van der Waals surface area contributed by atoms with Crippen LogP contribution < -0.4 is 5.32 Å². The average Bonchev–Trinajstić information content (AvgIpc) is 2.50. The molecule has 5 nitrogen and oxygen atoms in total. The molecule has 0 bridgehead atoms. The van der Waals surface area contributed by atoms with Gasteiger partial charge >= 0.3 is 6.09 Å². The number of carbonyl (C=O) groups excluding carboxylic acids is 2. The number of benzene rings is 1. The third kappa shape index (κ3) is 4.48. The van der Waals surface area contributed by atoms with Crippen molar-refractivity contribution in [3.8, 4) is 0 Å². The van der Waals surface area contributed by atoms with E-state index in [-0.39, 0.29) is 11.9 Å². The number of carbonyl (C=O) groups is 2. The number of hydrogen-bond donors (Lipinski definition) is 1. The Kier molecular flexibility index (Phi) is 5.81. The van der Waals surface area contributed by atoms with Crippen molar-refractivity contribution in [3.05, 3.63) is 35.4 Å². The molecule has 1 fully saturated rings. The fourth-order valence-electron chi connectivity index (χ4n) is 2.74. The maximum Gasteiger partial charge on any atom is 0.407 e. The van der Waals surface area contributed by atoms with E-state index < -0.39 is 6.09 Å². The van der Waals surface area contributed by atoms with Gasteiger partial charge in [0.2, 0.25) is 5.91 Å². The van der Waals surface area contributed by atoms with Crippen LogP contribution in [0.5, 0.6) is 0 Å². The minimum Gasteiger partial charge on any atom is -0.450 e. The number of piperidine rings is 1. The summed E-state index contributed by atoms with van der Waals surface area (Å²) >= 11 is 0. The van der Waals surface area contributed by atoms with Gasteiger partial charge in [0.25, 0.3) is 0 Å². The lowest BCUT2D eigenvalue weighted by atomic mass is 10.0. The molecule has 0 radical (unpaired) electrons. The molecule has 1 saturated heterocycles. The maximum atomic E-state index is 12.5. The molecule has 1 atom stereocenters. The Morgan fingerprint density at radius 3 is 2.86 bits per heavy atom. The molecule has 5 heteroatoms. The number of hydrogen-bond acceptors (Lipinski definition) is 3. The number of ether oxygens (including phenoxy) is 1. The highest BCUT2D eigenvalue weighted by molar-refractivity contribution is 5.79. The van der Waals surface area contributed by atoms with E-state index in [1.807, 2.05) is 36.1 Å². The van der Waals surface area contributed by atoms with Crippen LogP contribution in [0, 0.1) is 6.92 Å². The predicted octanol–water partition coefficient (Wildman–Crippen LogP) is 2.27. The zero-order valence-corrected chi connectivity index (χ0v) is 13.3. The van der Waals surface area contributed by atoms with Crippen molar-refractivity contribution in [1.29, 1.82) is 0 Å². The Morgan fingerprint density at radius 2 is 2.14 bits per heavy atom. The van der Waals surface area contributed by atoms with E-state index in [1.54, 1.807) is 6.92 Å². The van der Waals surface area contributed by atoms with Gasteiger partial charge in [0.05, 0.1) is 13.0 Å². The van der Waals surface area contributed by atoms with E-state index >= 15 is 0 Å². The van der Waals surface area contributed by atoms with Crippen molar-refractivity contribution in [3.63, 3.8) is 0 Å². The van der Waals surface area contributed by atoms with Crippen LogP contribution in [0.15, 0.2) is 24.3 Å². The van der Waals surface area contributed by atoms with Gasteiger partial charge in [-0.25, -0.2) is 4.79 Å². The highest BCUT2D eigenvalue weighted by Crippen LogP contribution is 2.14. The molecule has 0 saturated carbocycles. The summed E-state index contributed by atoms with van der Waals surface area (Å²) in [6.45, 7) is 5.46. The molecule has 120 valence electrons. The van der Waals surface area contributed by atoms with Crippen molar-refractivity contribution in [2.24, 2.45) is 0 Å². The lowest BCUT2D eigenvalue weighted by Crippen LogP contribution is -2.50. The minimum atomic E-state index is -0.402. The molecule has 1 heterocycles. The van der Waals surface area contributed by atoms with Gasteiger partial charge in [-0.15, -0.1) is 0 Å². The van der Waals surface area contributed by atoms with E-state index in [2.05, 4.69) is 5.32 Å². The number of nitrogens with zero attached hydrogens (tertiary/aromatic N) is 1. The van der Waals surface area contributed by atoms with Crippen LogP contribution in [0.25, 0.3) is 0 Å². The Labute approximate surface area is 131 Å². The third-order valence-electron chi connectivity index (χ3n) is 3.97. The van der Waals surface area contributed by atoms with E-state index in [4.69, 9.17) is 4.74 Å². The highest BCUT2D eigenvalue weighted by atomic mass is 16.5.